The van der Waals surface area contributed by atoms with Crippen molar-refractivity contribution in [2.24, 2.45) is 0 Å². The maximum Gasteiger partial charge on any atom is 0.296 e. The zero-order valence-corrected chi connectivity index (χ0v) is 15.7. The molecule has 0 radical (unpaired) electrons. The van der Waals surface area contributed by atoms with Gasteiger partial charge >= 0.3 is 0 Å². The van der Waals surface area contributed by atoms with Crippen molar-refractivity contribution < 1.29 is 23.8 Å². The molecule has 1 aliphatic rings. The number of methoxy groups -OCH3 is 1. The van der Waals surface area contributed by atoms with Crippen LogP contribution in [0.4, 0.5) is 0 Å². The van der Waals surface area contributed by atoms with E-state index in [4.69, 9.17) is 9.15 Å². The van der Waals surface area contributed by atoms with E-state index in [1.54, 1.807) is 43.5 Å². The number of carbonyl (C=O) groups is 2. The van der Waals surface area contributed by atoms with Crippen molar-refractivity contribution in [3.05, 3.63) is 95.5 Å². The number of aliphatic hydroxyl groups is 1. The van der Waals surface area contributed by atoms with E-state index in [9.17, 15) is 14.7 Å². The lowest BCUT2D eigenvalue weighted by molar-refractivity contribution is -0.140. The molecular formula is C23H19NO5. The summed E-state index contributed by atoms with van der Waals surface area (Å²) in [6.45, 7) is 0.218. The Kier molecular flexibility index (Phi) is 4.91. The molecule has 0 saturated carbocycles. The Labute approximate surface area is 167 Å². The summed E-state index contributed by atoms with van der Waals surface area (Å²) in [6.07, 6.45) is 1.48. The fourth-order valence-electron chi connectivity index (χ4n) is 3.47. The number of ether oxygens (including phenoxy) is 1. The number of likely N-dealkylation sites (tertiary alicyclic amines) is 1. The van der Waals surface area contributed by atoms with Crippen molar-refractivity contribution in [2.45, 2.75) is 12.6 Å². The van der Waals surface area contributed by atoms with Crippen molar-refractivity contribution in [1.82, 2.24) is 4.90 Å². The zero-order valence-electron chi connectivity index (χ0n) is 15.7. The Hall–Kier alpha value is -3.80. The van der Waals surface area contributed by atoms with Gasteiger partial charge in [0, 0.05) is 12.1 Å². The van der Waals surface area contributed by atoms with Gasteiger partial charge in [0.15, 0.2) is 0 Å². The van der Waals surface area contributed by atoms with Crippen molar-refractivity contribution in [2.75, 3.05) is 7.11 Å². The van der Waals surface area contributed by atoms with Crippen molar-refractivity contribution in [1.29, 1.82) is 0 Å². The van der Waals surface area contributed by atoms with Crippen molar-refractivity contribution in [3.63, 3.8) is 0 Å². The van der Waals surface area contributed by atoms with E-state index in [1.165, 1.54) is 11.2 Å². The van der Waals surface area contributed by atoms with E-state index in [-0.39, 0.29) is 17.9 Å². The second-order valence-electron chi connectivity index (χ2n) is 6.66. The molecule has 146 valence electrons. The average Bonchev–Trinajstić information content (AvgIpc) is 3.37. The van der Waals surface area contributed by atoms with Crippen LogP contribution < -0.4 is 4.74 Å². The Bertz CT molecular complexity index is 1050. The van der Waals surface area contributed by atoms with Crippen LogP contribution in [0.25, 0.3) is 5.76 Å². The smallest absolute Gasteiger partial charge is 0.296 e. The van der Waals surface area contributed by atoms with Gasteiger partial charge in [-0.15, -0.1) is 0 Å². The van der Waals surface area contributed by atoms with Gasteiger partial charge < -0.3 is 19.2 Å². The van der Waals surface area contributed by atoms with Crippen LogP contribution in [0.15, 0.2) is 83.0 Å². The largest absolute Gasteiger partial charge is 0.507 e. The minimum atomic E-state index is -0.813. The van der Waals surface area contributed by atoms with Gasteiger partial charge in [-0.05, 0) is 42.0 Å². The number of Topliss-reactive ketones (excluding diaryl/α,β-unsaturated/α-hetero) is 1. The molecule has 4 rings (SSSR count). The Morgan fingerprint density at radius 2 is 1.76 bits per heavy atom. The van der Waals surface area contributed by atoms with Crippen LogP contribution in [0.5, 0.6) is 5.75 Å². The lowest BCUT2D eigenvalue weighted by Crippen LogP contribution is -2.29. The number of aliphatic hydroxyl groups excluding tert-OH is 1. The maximum absolute atomic E-state index is 12.9. The van der Waals surface area contributed by atoms with Gasteiger partial charge in [0.05, 0.1) is 18.9 Å². The molecule has 1 aromatic heterocycles. The fraction of sp³-hybridized carbons (Fsp3) is 0.130. The van der Waals surface area contributed by atoms with Gasteiger partial charge in [0.25, 0.3) is 11.7 Å². The highest BCUT2D eigenvalue weighted by Gasteiger charge is 2.47. The van der Waals surface area contributed by atoms with E-state index < -0.39 is 17.7 Å². The van der Waals surface area contributed by atoms with E-state index >= 15 is 0 Å². The molecule has 1 fully saturated rings. The molecule has 1 N–H and O–H groups in total. The average molecular weight is 389 g/mol. The van der Waals surface area contributed by atoms with Crippen LogP contribution in [0.2, 0.25) is 0 Å². The monoisotopic (exact) mass is 389 g/mol. The summed E-state index contributed by atoms with van der Waals surface area (Å²) in [5.74, 6) is -0.632. The molecule has 3 aromatic rings. The Morgan fingerprint density at radius 1 is 1.03 bits per heavy atom. The first kappa shape index (κ1) is 18.6. The lowest BCUT2D eigenvalue weighted by atomic mass is 9.99. The molecule has 2 heterocycles. The quantitative estimate of drug-likeness (QED) is 0.407. The summed E-state index contributed by atoms with van der Waals surface area (Å²) in [7, 11) is 1.54. The molecule has 2 aromatic carbocycles. The van der Waals surface area contributed by atoms with Gasteiger partial charge in [-0.1, -0.05) is 30.3 Å². The summed E-state index contributed by atoms with van der Waals surface area (Å²) < 4.78 is 10.7. The number of ketones is 1. The number of hydrogen-bond donors (Lipinski definition) is 1. The highest BCUT2D eigenvalue weighted by Crippen LogP contribution is 2.40. The first-order valence-electron chi connectivity index (χ1n) is 9.10. The molecule has 1 aliphatic heterocycles. The number of amides is 1. The third-order valence-electron chi connectivity index (χ3n) is 4.91. The van der Waals surface area contributed by atoms with Crippen LogP contribution in [0.1, 0.15) is 22.9 Å². The molecule has 0 aliphatic carbocycles. The van der Waals surface area contributed by atoms with E-state index in [2.05, 4.69) is 0 Å². The molecule has 1 unspecified atom stereocenters. The minimum absolute atomic E-state index is 0.00560. The normalized spacial score (nSPS) is 18.2. The van der Waals surface area contributed by atoms with Crippen molar-refractivity contribution in [3.8, 4) is 5.75 Å². The van der Waals surface area contributed by atoms with E-state index in [0.717, 1.165) is 5.56 Å². The summed E-state index contributed by atoms with van der Waals surface area (Å²) in [5, 5.41) is 10.9. The summed E-state index contributed by atoms with van der Waals surface area (Å²) in [4.78, 5) is 27.1. The molecule has 0 bridgehead atoms. The molecule has 0 spiro atoms. The number of nitrogens with zero attached hydrogens (tertiary/aromatic N) is 1. The predicted octanol–water partition coefficient (Wildman–Crippen LogP) is 3.91. The first-order chi connectivity index (χ1) is 14.1. The van der Waals surface area contributed by atoms with Crippen LogP contribution in [0, 0.1) is 0 Å². The summed E-state index contributed by atoms with van der Waals surface area (Å²) in [6, 6.07) is 18.6. The molecule has 1 atom stereocenters. The number of rotatable bonds is 5. The molecule has 1 amide bonds. The maximum atomic E-state index is 12.9. The molecule has 29 heavy (non-hydrogen) atoms. The topological polar surface area (TPSA) is 80.0 Å². The number of hydrogen-bond acceptors (Lipinski definition) is 5. The Balaban J connectivity index is 1.81. The second kappa shape index (κ2) is 7.67. The third-order valence-corrected chi connectivity index (χ3v) is 4.91. The van der Waals surface area contributed by atoms with Crippen LogP contribution >= 0.6 is 0 Å². The van der Waals surface area contributed by atoms with Gasteiger partial charge in [-0.3, -0.25) is 9.59 Å². The second-order valence-corrected chi connectivity index (χ2v) is 6.66. The lowest BCUT2D eigenvalue weighted by Gasteiger charge is -2.23. The number of furan rings is 1. The van der Waals surface area contributed by atoms with Crippen molar-refractivity contribution >= 4 is 17.4 Å². The molecule has 6 nitrogen and oxygen atoms in total. The summed E-state index contributed by atoms with van der Waals surface area (Å²) in [5.41, 5.74) is 1.29. The first-order valence-corrected chi connectivity index (χ1v) is 9.10. The fourth-order valence-corrected chi connectivity index (χ4v) is 3.47. The molecular weight excluding hydrogens is 370 g/mol. The number of benzene rings is 2. The van der Waals surface area contributed by atoms with E-state index in [0.29, 0.717) is 17.1 Å². The van der Waals surface area contributed by atoms with Crippen LogP contribution in [-0.4, -0.2) is 28.8 Å². The van der Waals surface area contributed by atoms with Gasteiger partial charge in [-0.2, -0.15) is 0 Å². The van der Waals surface area contributed by atoms with Gasteiger partial charge in [0.1, 0.15) is 23.3 Å². The van der Waals surface area contributed by atoms with E-state index in [1.807, 2.05) is 30.3 Å². The highest BCUT2D eigenvalue weighted by atomic mass is 16.5. The number of carbonyl (C=O) groups excluding carboxylic acids is 2. The minimum Gasteiger partial charge on any atom is -0.507 e. The van der Waals surface area contributed by atoms with Crippen LogP contribution in [0.3, 0.4) is 0 Å². The van der Waals surface area contributed by atoms with Gasteiger partial charge in [0.2, 0.25) is 0 Å². The SMILES string of the molecule is COc1ccc(C(O)=C2C(=O)C(=O)N(Cc3ccccc3)C2c2ccco2)cc1. The highest BCUT2D eigenvalue weighted by molar-refractivity contribution is 6.46. The summed E-state index contributed by atoms with van der Waals surface area (Å²) >= 11 is 0. The standard InChI is InChI=1S/C23H19NO5/c1-28-17-11-9-16(10-12-17)21(25)19-20(18-8-5-13-29-18)24(23(27)22(19)26)14-15-6-3-2-4-7-15/h2-13,20,25H,14H2,1H3. The zero-order chi connectivity index (χ0) is 20.4. The molecule has 6 heteroatoms. The van der Waals surface area contributed by atoms with Crippen LogP contribution in [-0.2, 0) is 16.1 Å². The van der Waals surface area contributed by atoms with Gasteiger partial charge in [-0.25, -0.2) is 0 Å². The Morgan fingerprint density at radius 3 is 2.38 bits per heavy atom. The predicted molar refractivity (Wildman–Crippen MR) is 106 cm³/mol. The molecule has 1 saturated heterocycles. The third kappa shape index (κ3) is 3.40.